The van der Waals surface area contributed by atoms with Gasteiger partial charge < -0.3 is 16.2 Å². The van der Waals surface area contributed by atoms with Gasteiger partial charge in [-0.25, -0.2) is 0 Å². The molecule has 4 N–H and O–H groups in total. The standard InChI is InChI=1S/C28H41N3O/c1-8-21-16-22(9-2)23(10-3)27(17-21)31-28(30-7)26-14-18(4)24(12-11-13-29)20(6)25(26)15-19(5)32/h10,14,16-17,19,32H,3,8-9,11-13,15,29H2,1-2,4-7H3,(H,30,31). The number of hydrogen-bond donors (Lipinski definition) is 3. The Morgan fingerprint density at radius 1 is 1.19 bits per heavy atom. The molecule has 32 heavy (non-hydrogen) atoms. The van der Waals surface area contributed by atoms with Gasteiger partial charge in [-0.3, -0.25) is 4.99 Å². The van der Waals surface area contributed by atoms with E-state index in [9.17, 15) is 5.11 Å². The summed E-state index contributed by atoms with van der Waals surface area (Å²) in [5.74, 6) is 0.815. The molecule has 2 aromatic carbocycles. The lowest BCUT2D eigenvalue weighted by Gasteiger charge is -2.23. The first kappa shape index (κ1) is 25.8. The van der Waals surface area contributed by atoms with Crippen molar-refractivity contribution in [2.45, 2.75) is 72.8 Å². The minimum absolute atomic E-state index is 0.436. The van der Waals surface area contributed by atoms with E-state index >= 15 is 0 Å². The lowest BCUT2D eigenvalue weighted by atomic mass is 9.87. The van der Waals surface area contributed by atoms with Crippen molar-refractivity contribution in [3.8, 4) is 0 Å². The van der Waals surface area contributed by atoms with E-state index in [1.807, 2.05) is 20.0 Å². The Hall–Kier alpha value is -2.43. The molecule has 0 saturated carbocycles. The van der Waals surface area contributed by atoms with Gasteiger partial charge in [0.05, 0.1) is 6.10 Å². The first-order chi connectivity index (χ1) is 15.3. The molecule has 1 atom stereocenters. The van der Waals surface area contributed by atoms with Crippen LogP contribution in [-0.2, 0) is 25.7 Å². The normalized spacial score (nSPS) is 12.7. The summed E-state index contributed by atoms with van der Waals surface area (Å²) in [6, 6.07) is 6.68. The van der Waals surface area contributed by atoms with Crippen molar-refractivity contribution in [1.82, 2.24) is 0 Å². The van der Waals surface area contributed by atoms with Gasteiger partial charge in [0.25, 0.3) is 0 Å². The van der Waals surface area contributed by atoms with Crippen LogP contribution in [0.4, 0.5) is 5.69 Å². The Morgan fingerprint density at radius 3 is 2.44 bits per heavy atom. The molecule has 0 saturated heterocycles. The van der Waals surface area contributed by atoms with Crippen LogP contribution in [0.25, 0.3) is 6.08 Å². The van der Waals surface area contributed by atoms with Crippen LogP contribution in [0.15, 0.2) is 29.8 Å². The molecule has 0 aliphatic rings. The van der Waals surface area contributed by atoms with E-state index in [4.69, 9.17) is 5.73 Å². The van der Waals surface area contributed by atoms with Crippen molar-refractivity contribution in [1.29, 1.82) is 0 Å². The second kappa shape index (κ2) is 12.0. The number of aliphatic hydroxyl groups excluding tert-OH is 1. The Bertz CT molecular complexity index is 973. The topological polar surface area (TPSA) is 70.6 Å². The number of hydrogen-bond acceptors (Lipinski definition) is 3. The molecule has 0 aliphatic carbocycles. The van der Waals surface area contributed by atoms with Crippen LogP contribution in [-0.4, -0.2) is 30.6 Å². The summed E-state index contributed by atoms with van der Waals surface area (Å²) in [7, 11) is 1.82. The van der Waals surface area contributed by atoms with Gasteiger partial charge in [-0.15, -0.1) is 0 Å². The van der Waals surface area contributed by atoms with Crippen molar-refractivity contribution in [3.63, 3.8) is 0 Å². The van der Waals surface area contributed by atoms with E-state index in [1.165, 1.54) is 27.8 Å². The highest BCUT2D eigenvalue weighted by Gasteiger charge is 2.19. The average Bonchev–Trinajstić information content (AvgIpc) is 2.78. The maximum atomic E-state index is 10.3. The van der Waals surface area contributed by atoms with E-state index in [1.54, 1.807) is 0 Å². The van der Waals surface area contributed by atoms with Crippen LogP contribution in [0.2, 0.25) is 0 Å². The third-order valence-electron chi connectivity index (χ3n) is 6.25. The first-order valence-corrected chi connectivity index (χ1v) is 11.8. The van der Waals surface area contributed by atoms with Crippen LogP contribution in [0.5, 0.6) is 0 Å². The maximum absolute atomic E-state index is 10.3. The smallest absolute Gasteiger partial charge is 0.132 e. The summed E-state index contributed by atoms with van der Waals surface area (Å²) in [5, 5.41) is 13.9. The fourth-order valence-corrected chi connectivity index (χ4v) is 4.50. The van der Waals surface area contributed by atoms with Crippen LogP contribution in [0, 0.1) is 13.8 Å². The summed E-state index contributed by atoms with van der Waals surface area (Å²) in [6.07, 6.45) is 5.90. The van der Waals surface area contributed by atoms with Crippen LogP contribution >= 0.6 is 0 Å². The molecule has 0 aliphatic heterocycles. The Kier molecular flexibility index (Phi) is 9.67. The second-order valence-corrected chi connectivity index (χ2v) is 8.59. The lowest BCUT2D eigenvalue weighted by molar-refractivity contribution is 0.195. The van der Waals surface area contributed by atoms with E-state index in [0.29, 0.717) is 13.0 Å². The number of aliphatic hydroxyl groups is 1. The zero-order valence-corrected chi connectivity index (χ0v) is 20.8. The van der Waals surface area contributed by atoms with Gasteiger partial charge in [0.2, 0.25) is 0 Å². The molecule has 4 nitrogen and oxygen atoms in total. The van der Waals surface area contributed by atoms with Gasteiger partial charge in [-0.1, -0.05) is 32.6 Å². The van der Waals surface area contributed by atoms with Gasteiger partial charge in [0, 0.05) is 23.9 Å². The molecule has 1 unspecified atom stereocenters. The van der Waals surface area contributed by atoms with Crippen LogP contribution in [0.1, 0.15) is 71.7 Å². The maximum Gasteiger partial charge on any atom is 0.132 e. The number of amidine groups is 1. The van der Waals surface area contributed by atoms with E-state index in [0.717, 1.165) is 53.9 Å². The van der Waals surface area contributed by atoms with Gasteiger partial charge in [0.15, 0.2) is 0 Å². The highest BCUT2D eigenvalue weighted by Crippen LogP contribution is 2.29. The summed E-state index contributed by atoms with van der Waals surface area (Å²) < 4.78 is 0. The van der Waals surface area contributed by atoms with Gasteiger partial charge in [-0.2, -0.15) is 0 Å². The molecule has 2 rings (SSSR count). The molecule has 0 spiro atoms. The van der Waals surface area contributed by atoms with Gasteiger partial charge in [-0.05, 0) is 105 Å². The highest BCUT2D eigenvalue weighted by atomic mass is 16.3. The van der Waals surface area contributed by atoms with Crippen molar-refractivity contribution >= 4 is 17.6 Å². The van der Waals surface area contributed by atoms with E-state index < -0.39 is 6.10 Å². The predicted molar refractivity (Wildman–Crippen MR) is 140 cm³/mol. The fourth-order valence-electron chi connectivity index (χ4n) is 4.50. The minimum atomic E-state index is -0.436. The summed E-state index contributed by atoms with van der Waals surface area (Å²) in [5.41, 5.74) is 16.5. The van der Waals surface area contributed by atoms with Crippen molar-refractivity contribution in [3.05, 3.63) is 69.3 Å². The number of benzene rings is 2. The number of nitrogens with two attached hydrogens (primary N) is 1. The molecule has 0 amide bonds. The number of anilines is 1. The zero-order chi connectivity index (χ0) is 23.8. The van der Waals surface area contributed by atoms with E-state index in [2.05, 4.69) is 62.8 Å². The number of nitrogens with zero attached hydrogens (tertiary/aromatic N) is 1. The zero-order valence-electron chi connectivity index (χ0n) is 20.8. The number of rotatable bonds is 10. The average molecular weight is 436 g/mol. The number of aryl methyl sites for hydroxylation is 3. The molecular weight excluding hydrogens is 394 g/mol. The summed E-state index contributed by atoms with van der Waals surface area (Å²) >= 11 is 0. The largest absolute Gasteiger partial charge is 0.393 e. The number of nitrogens with one attached hydrogen (secondary N) is 1. The minimum Gasteiger partial charge on any atom is -0.393 e. The molecule has 0 bridgehead atoms. The van der Waals surface area contributed by atoms with Gasteiger partial charge >= 0.3 is 0 Å². The molecule has 0 aromatic heterocycles. The fraction of sp³-hybridized carbons (Fsp3) is 0.464. The highest BCUT2D eigenvalue weighted by molar-refractivity contribution is 6.10. The molecular formula is C28H41N3O. The summed E-state index contributed by atoms with van der Waals surface area (Å²) in [4.78, 5) is 4.65. The van der Waals surface area contributed by atoms with Gasteiger partial charge in [0.1, 0.15) is 5.84 Å². The molecule has 0 radical (unpaired) electrons. The van der Waals surface area contributed by atoms with E-state index in [-0.39, 0.29) is 0 Å². The Balaban J connectivity index is 2.64. The lowest BCUT2D eigenvalue weighted by Crippen LogP contribution is -2.21. The first-order valence-electron chi connectivity index (χ1n) is 11.8. The third kappa shape index (κ3) is 5.87. The molecule has 174 valence electrons. The van der Waals surface area contributed by atoms with Crippen molar-refractivity contribution in [2.75, 3.05) is 18.9 Å². The van der Waals surface area contributed by atoms with Crippen molar-refractivity contribution < 1.29 is 5.11 Å². The molecule has 0 fully saturated rings. The summed E-state index contributed by atoms with van der Waals surface area (Å²) in [6.45, 7) is 15.2. The molecule has 0 heterocycles. The second-order valence-electron chi connectivity index (χ2n) is 8.59. The molecule has 4 heteroatoms. The predicted octanol–water partition coefficient (Wildman–Crippen LogP) is 5.37. The third-order valence-corrected chi connectivity index (χ3v) is 6.25. The van der Waals surface area contributed by atoms with Crippen molar-refractivity contribution in [2.24, 2.45) is 10.7 Å². The van der Waals surface area contributed by atoms with Crippen LogP contribution < -0.4 is 11.1 Å². The molecule has 2 aromatic rings. The Morgan fingerprint density at radius 2 is 1.91 bits per heavy atom. The Labute approximate surface area is 194 Å². The monoisotopic (exact) mass is 435 g/mol. The number of aliphatic imine (C=N–C) groups is 1. The quantitative estimate of drug-likeness (QED) is 0.347. The van der Waals surface area contributed by atoms with Crippen LogP contribution in [0.3, 0.4) is 0 Å². The SMILES string of the molecule is C=Cc1c(CC)cc(CC)cc1NC(=NC)c1cc(C)c(CCCN)c(C)c1CC(C)O.